The molecule has 3 aromatic rings. The van der Waals surface area contributed by atoms with Crippen LogP contribution in [0.25, 0.3) is 0 Å². The number of imidazole rings is 1. The molecule has 134 valence electrons. The number of benzene rings is 1. The molecule has 0 bridgehead atoms. The number of aryl methyl sites for hydroxylation is 1. The van der Waals surface area contributed by atoms with Gasteiger partial charge in [-0.3, -0.25) is 0 Å². The lowest BCUT2D eigenvalue weighted by atomic mass is 10.3. The van der Waals surface area contributed by atoms with Gasteiger partial charge in [0.2, 0.25) is 17.5 Å². The van der Waals surface area contributed by atoms with E-state index in [0.29, 0.717) is 29.8 Å². The standard InChI is InChI=1S/C18H19N5O3/c1-24-15-5-2-3-6-16(15)25-12-17-22-14(11-19)18(26-17)21-7-4-9-23-10-8-20-13-23/h2-3,5-6,8,10,13,21H,4,7,9,12H2,1H3. The number of anilines is 1. The van der Waals surface area contributed by atoms with E-state index in [-0.39, 0.29) is 12.3 Å². The molecule has 1 N–H and O–H groups in total. The summed E-state index contributed by atoms with van der Waals surface area (Å²) in [6, 6.07) is 9.33. The molecule has 26 heavy (non-hydrogen) atoms. The number of oxazole rings is 1. The fourth-order valence-corrected chi connectivity index (χ4v) is 2.38. The number of aromatic nitrogens is 3. The fourth-order valence-electron chi connectivity index (χ4n) is 2.38. The maximum Gasteiger partial charge on any atom is 0.236 e. The summed E-state index contributed by atoms with van der Waals surface area (Å²) >= 11 is 0. The lowest BCUT2D eigenvalue weighted by Crippen LogP contribution is -2.06. The molecule has 0 saturated carbocycles. The summed E-state index contributed by atoms with van der Waals surface area (Å²) in [5.41, 5.74) is 0.214. The minimum absolute atomic E-state index is 0.103. The second kappa shape index (κ2) is 8.58. The van der Waals surface area contributed by atoms with Crippen LogP contribution < -0.4 is 14.8 Å². The van der Waals surface area contributed by atoms with Crippen LogP contribution in [-0.4, -0.2) is 28.2 Å². The number of nitrogens with zero attached hydrogens (tertiary/aromatic N) is 4. The normalized spacial score (nSPS) is 10.3. The summed E-state index contributed by atoms with van der Waals surface area (Å²) in [5.74, 6) is 1.89. The summed E-state index contributed by atoms with van der Waals surface area (Å²) < 4.78 is 18.5. The van der Waals surface area contributed by atoms with Crippen LogP contribution in [0.15, 0.2) is 47.4 Å². The van der Waals surface area contributed by atoms with Crippen molar-refractivity contribution in [2.45, 2.75) is 19.6 Å². The number of hydrogen-bond acceptors (Lipinski definition) is 7. The van der Waals surface area contributed by atoms with Crippen molar-refractivity contribution >= 4 is 5.88 Å². The van der Waals surface area contributed by atoms with Crippen molar-refractivity contribution in [1.82, 2.24) is 14.5 Å². The highest BCUT2D eigenvalue weighted by molar-refractivity contribution is 5.45. The summed E-state index contributed by atoms with van der Waals surface area (Å²) in [4.78, 5) is 8.15. The molecule has 8 heteroatoms. The third kappa shape index (κ3) is 4.33. The molecular weight excluding hydrogens is 334 g/mol. The molecule has 2 heterocycles. The number of rotatable bonds is 9. The predicted molar refractivity (Wildman–Crippen MR) is 93.9 cm³/mol. The minimum Gasteiger partial charge on any atom is -0.493 e. The zero-order valence-electron chi connectivity index (χ0n) is 14.4. The molecule has 3 rings (SSSR count). The molecule has 0 amide bonds. The van der Waals surface area contributed by atoms with Crippen molar-refractivity contribution in [2.75, 3.05) is 19.0 Å². The zero-order valence-corrected chi connectivity index (χ0v) is 14.4. The van der Waals surface area contributed by atoms with Crippen LogP contribution in [0.2, 0.25) is 0 Å². The van der Waals surface area contributed by atoms with E-state index in [2.05, 4.69) is 15.3 Å². The maximum atomic E-state index is 9.22. The summed E-state index contributed by atoms with van der Waals surface area (Å²) in [6.07, 6.45) is 6.27. The zero-order chi connectivity index (χ0) is 18.2. The quantitative estimate of drug-likeness (QED) is 0.591. The van der Waals surface area contributed by atoms with E-state index in [0.717, 1.165) is 13.0 Å². The van der Waals surface area contributed by atoms with Crippen molar-refractivity contribution in [3.05, 3.63) is 54.6 Å². The number of hydrogen-bond donors (Lipinski definition) is 1. The largest absolute Gasteiger partial charge is 0.493 e. The lowest BCUT2D eigenvalue weighted by molar-refractivity contribution is 0.251. The Morgan fingerprint density at radius 1 is 1.31 bits per heavy atom. The van der Waals surface area contributed by atoms with Crippen LogP contribution in [0.5, 0.6) is 11.5 Å². The number of ether oxygens (including phenoxy) is 2. The summed E-state index contributed by atoms with van der Waals surface area (Å²) in [5, 5.41) is 12.3. The van der Waals surface area contributed by atoms with E-state index in [1.165, 1.54) is 0 Å². The van der Waals surface area contributed by atoms with Gasteiger partial charge >= 0.3 is 0 Å². The number of nitrogens with one attached hydrogen (secondary N) is 1. The number of para-hydroxylation sites is 2. The molecule has 8 nitrogen and oxygen atoms in total. The Hall–Kier alpha value is -3.47. The van der Waals surface area contributed by atoms with E-state index in [4.69, 9.17) is 13.9 Å². The van der Waals surface area contributed by atoms with Crippen molar-refractivity contribution in [1.29, 1.82) is 5.26 Å². The predicted octanol–water partition coefficient (Wildman–Crippen LogP) is 2.83. The van der Waals surface area contributed by atoms with Gasteiger partial charge in [0.25, 0.3) is 0 Å². The fraction of sp³-hybridized carbons (Fsp3) is 0.278. The Balaban J connectivity index is 1.55. The van der Waals surface area contributed by atoms with Gasteiger partial charge in [-0.15, -0.1) is 0 Å². The molecule has 0 unspecified atom stereocenters. The van der Waals surface area contributed by atoms with Crippen molar-refractivity contribution in [2.24, 2.45) is 0 Å². The SMILES string of the molecule is COc1ccccc1OCc1nc(C#N)c(NCCCn2ccnc2)o1. The van der Waals surface area contributed by atoms with E-state index < -0.39 is 0 Å². The minimum atomic E-state index is 0.103. The van der Waals surface area contributed by atoms with Crippen molar-refractivity contribution in [3.8, 4) is 17.6 Å². The van der Waals surface area contributed by atoms with Gasteiger partial charge in [0.1, 0.15) is 6.07 Å². The first-order valence-electron chi connectivity index (χ1n) is 8.15. The Bertz CT molecular complexity index is 867. The highest BCUT2D eigenvalue weighted by atomic mass is 16.5. The average Bonchev–Trinajstić information content (AvgIpc) is 3.33. The highest BCUT2D eigenvalue weighted by Gasteiger charge is 2.14. The highest BCUT2D eigenvalue weighted by Crippen LogP contribution is 2.27. The molecule has 2 aromatic heterocycles. The summed E-state index contributed by atoms with van der Waals surface area (Å²) in [6.45, 7) is 1.58. The molecule has 1 aromatic carbocycles. The van der Waals surface area contributed by atoms with Crippen molar-refractivity contribution < 1.29 is 13.9 Å². The van der Waals surface area contributed by atoms with E-state index in [1.54, 1.807) is 31.8 Å². The Labute approximate surface area is 151 Å². The van der Waals surface area contributed by atoms with Crippen molar-refractivity contribution in [3.63, 3.8) is 0 Å². The van der Waals surface area contributed by atoms with Crippen LogP contribution in [-0.2, 0) is 13.2 Å². The van der Waals surface area contributed by atoms with Gasteiger partial charge in [0.05, 0.1) is 13.4 Å². The molecule has 0 saturated heterocycles. The van der Waals surface area contributed by atoms with Gasteiger partial charge in [0.15, 0.2) is 18.1 Å². The maximum absolute atomic E-state index is 9.22. The summed E-state index contributed by atoms with van der Waals surface area (Å²) in [7, 11) is 1.58. The van der Waals surface area contributed by atoms with Crippen LogP contribution in [0.1, 0.15) is 18.0 Å². The third-order valence-corrected chi connectivity index (χ3v) is 3.64. The molecule has 0 aliphatic carbocycles. The smallest absolute Gasteiger partial charge is 0.236 e. The second-order valence-electron chi connectivity index (χ2n) is 5.42. The number of methoxy groups -OCH3 is 1. The van der Waals surface area contributed by atoms with Crippen LogP contribution in [0.4, 0.5) is 5.88 Å². The Kier molecular flexibility index (Phi) is 5.72. The second-order valence-corrected chi connectivity index (χ2v) is 5.42. The Morgan fingerprint density at radius 3 is 2.88 bits per heavy atom. The van der Waals surface area contributed by atoms with Crippen LogP contribution in [0, 0.1) is 11.3 Å². The van der Waals surface area contributed by atoms with Gasteiger partial charge in [-0.2, -0.15) is 10.2 Å². The van der Waals surface area contributed by atoms with Gasteiger partial charge in [0, 0.05) is 25.5 Å². The third-order valence-electron chi connectivity index (χ3n) is 3.64. The monoisotopic (exact) mass is 353 g/mol. The topological polar surface area (TPSA) is 98.1 Å². The van der Waals surface area contributed by atoms with E-state index in [9.17, 15) is 5.26 Å². The first-order chi connectivity index (χ1) is 12.8. The molecule has 0 fully saturated rings. The van der Waals surface area contributed by atoms with Crippen LogP contribution in [0.3, 0.4) is 0 Å². The van der Waals surface area contributed by atoms with E-state index >= 15 is 0 Å². The molecule has 0 spiro atoms. The van der Waals surface area contributed by atoms with Gasteiger partial charge in [-0.25, -0.2) is 4.98 Å². The van der Waals surface area contributed by atoms with Gasteiger partial charge in [-0.05, 0) is 18.6 Å². The molecule has 0 aliphatic heterocycles. The van der Waals surface area contributed by atoms with E-state index in [1.807, 2.05) is 29.0 Å². The molecule has 0 aliphatic rings. The Morgan fingerprint density at radius 2 is 2.15 bits per heavy atom. The van der Waals surface area contributed by atoms with Gasteiger partial charge in [-0.1, -0.05) is 12.1 Å². The molecular formula is C18H19N5O3. The average molecular weight is 353 g/mol. The molecule has 0 atom stereocenters. The first kappa shape index (κ1) is 17.4. The number of nitriles is 1. The lowest BCUT2D eigenvalue weighted by Gasteiger charge is -2.08. The van der Waals surface area contributed by atoms with Gasteiger partial charge < -0.3 is 23.8 Å². The first-order valence-corrected chi connectivity index (χ1v) is 8.15. The molecule has 0 radical (unpaired) electrons. The van der Waals surface area contributed by atoms with Crippen LogP contribution >= 0.6 is 0 Å².